The second-order valence-corrected chi connectivity index (χ2v) is 7.43. The molecule has 0 aromatic heterocycles. The maximum atomic E-state index is 6.42. The quantitative estimate of drug-likeness (QED) is 0.437. The van der Waals surface area contributed by atoms with Crippen LogP contribution in [0.15, 0.2) is 90.5 Å². The van der Waals surface area contributed by atoms with E-state index >= 15 is 0 Å². The minimum absolute atomic E-state index is 0.293. The average Bonchev–Trinajstić information content (AvgIpc) is 3.04. The van der Waals surface area contributed by atoms with Gasteiger partial charge in [0, 0.05) is 5.56 Å². The van der Waals surface area contributed by atoms with E-state index < -0.39 is 0 Å². The molecule has 1 heteroatoms. The molecule has 0 bridgehead atoms. The van der Waals surface area contributed by atoms with Gasteiger partial charge < -0.3 is 4.74 Å². The number of hydrogen-bond donors (Lipinski definition) is 0. The van der Waals surface area contributed by atoms with Gasteiger partial charge in [-0.2, -0.15) is 0 Å². The lowest BCUT2D eigenvalue weighted by molar-refractivity contribution is 0.274. The van der Waals surface area contributed by atoms with Crippen molar-refractivity contribution in [2.75, 3.05) is 6.61 Å². The first-order chi connectivity index (χ1) is 13.8. The summed E-state index contributed by atoms with van der Waals surface area (Å²) in [6.07, 6.45) is 3.11. The molecular formula is C27H28O. The lowest BCUT2D eigenvalue weighted by Crippen LogP contribution is -2.30. The highest BCUT2D eigenvalue weighted by molar-refractivity contribution is 5.82. The molecule has 0 atom stereocenters. The minimum Gasteiger partial charge on any atom is -0.493 e. The normalized spacial score (nSPS) is 14.8. The van der Waals surface area contributed by atoms with Gasteiger partial charge in [0.2, 0.25) is 0 Å². The Bertz CT molecular complexity index is 914. The number of ether oxygens (including phenoxy) is 1. The van der Waals surface area contributed by atoms with E-state index in [2.05, 4.69) is 98.8 Å². The fraction of sp³-hybridized carbons (Fsp3) is 0.259. The van der Waals surface area contributed by atoms with Crippen LogP contribution in [0.1, 0.15) is 55.4 Å². The topological polar surface area (TPSA) is 9.23 Å². The fourth-order valence-corrected chi connectivity index (χ4v) is 4.63. The van der Waals surface area contributed by atoms with Crippen LogP contribution in [0.25, 0.3) is 5.76 Å². The third kappa shape index (κ3) is 2.86. The third-order valence-corrected chi connectivity index (χ3v) is 5.67. The number of allylic oxidation sites excluding steroid dienone is 1. The van der Waals surface area contributed by atoms with Crippen LogP contribution in [-0.4, -0.2) is 6.61 Å². The first kappa shape index (κ1) is 18.6. The van der Waals surface area contributed by atoms with Crippen LogP contribution in [0.4, 0.5) is 0 Å². The monoisotopic (exact) mass is 368 g/mol. The first-order valence-corrected chi connectivity index (χ1v) is 10.4. The van der Waals surface area contributed by atoms with Crippen molar-refractivity contribution in [3.05, 3.63) is 113 Å². The number of rotatable bonds is 7. The zero-order valence-electron chi connectivity index (χ0n) is 16.8. The van der Waals surface area contributed by atoms with E-state index in [-0.39, 0.29) is 5.41 Å². The Morgan fingerprint density at radius 3 is 1.82 bits per heavy atom. The Kier molecular flexibility index (Phi) is 5.34. The molecule has 0 radical (unpaired) electrons. The van der Waals surface area contributed by atoms with Crippen molar-refractivity contribution in [3.63, 3.8) is 0 Å². The van der Waals surface area contributed by atoms with Crippen LogP contribution < -0.4 is 0 Å². The summed E-state index contributed by atoms with van der Waals surface area (Å²) in [5.41, 5.74) is 6.30. The lowest BCUT2D eigenvalue weighted by Gasteiger charge is -2.35. The summed E-state index contributed by atoms with van der Waals surface area (Å²) in [7, 11) is 0. The van der Waals surface area contributed by atoms with Crippen molar-refractivity contribution in [1.29, 1.82) is 0 Å². The summed E-state index contributed by atoms with van der Waals surface area (Å²) in [6, 6.07) is 30.7. The van der Waals surface area contributed by atoms with E-state index in [0.717, 1.165) is 31.6 Å². The molecule has 3 aromatic rings. The van der Waals surface area contributed by atoms with Crippen molar-refractivity contribution in [2.45, 2.75) is 38.5 Å². The summed E-state index contributed by atoms with van der Waals surface area (Å²) < 4.78 is 6.42. The molecule has 1 aliphatic rings. The van der Waals surface area contributed by atoms with Gasteiger partial charge in [0.15, 0.2) is 0 Å². The predicted molar refractivity (Wildman–Crippen MR) is 117 cm³/mol. The van der Waals surface area contributed by atoms with Crippen LogP contribution in [0.2, 0.25) is 0 Å². The zero-order chi connectivity index (χ0) is 19.4. The van der Waals surface area contributed by atoms with Gasteiger partial charge in [0.1, 0.15) is 5.76 Å². The van der Waals surface area contributed by atoms with Crippen molar-refractivity contribution >= 4 is 5.76 Å². The molecule has 3 aromatic carbocycles. The molecule has 0 aliphatic heterocycles. The van der Waals surface area contributed by atoms with Gasteiger partial charge in [-0.25, -0.2) is 0 Å². The Hall–Kier alpha value is -2.80. The molecule has 0 spiro atoms. The fourth-order valence-electron chi connectivity index (χ4n) is 4.63. The van der Waals surface area contributed by atoms with Gasteiger partial charge in [0.25, 0.3) is 0 Å². The van der Waals surface area contributed by atoms with E-state index in [1.54, 1.807) is 0 Å². The lowest BCUT2D eigenvalue weighted by atomic mass is 9.66. The second-order valence-electron chi connectivity index (χ2n) is 7.43. The highest BCUT2D eigenvalue weighted by Gasteiger charge is 2.47. The molecule has 28 heavy (non-hydrogen) atoms. The van der Waals surface area contributed by atoms with Crippen molar-refractivity contribution < 1.29 is 4.74 Å². The smallest absolute Gasteiger partial charge is 0.127 e. The number of fused-ring (bicyclic) bond motifs is 1. The second kappa shape index (κ2) is 8.06. The van der Waals surface area contributed by atoms with Gasteiger partial charge in [-0.1, -0.05) is 105 Å². The van der Waals surface area contributed by atoms with Crippen LogP contribution in [0.5, 0.6) is 0 Å². The molecule has 0 fully saturated rings. The van der Waals surface area contributed by atoms with Gasteiger partial charge in [-0.05, 0) is 35.1 Å². The third-order valence-electron chi connectivity index (χ3n) is 5.67. The standard InChI is InChI=1S/C27H28O/c1-3-13-25-26(28-20-4-2)23-18-11-12-19-24(23)27(25,21-14-7-5-8-15-21)22-16-9-6-10-17-22/h5-12,14-19H,3-4,13,20H2,1-2H3. The summed E-state index contributed by atoms with van der Waals surface area (Å²) in [4.78, 5) is 0. The number of hydrogen-bond acceptors (Lipinski definition) is 1. The molecule has 142 valence electrons. The molecule has 0 saturated heterocycles. The largest absolute Gasteiger partial charge is 0.493 e. The SMILES string of the molecule is CCCOC1=C(CCC)C(c2ccccc2)(c2ccccc2)c2ccccc21. The molecule has 1 nitrogen and oxygen atoms in total. The summed E-state index contributed by atoms with van der Waals surface area (Å²) in [5, 5.41) is 0. The van der Waals surface area contributed by atoms with Gasteiger partial charge in [-0.15, -0.1) is 0 Å². The average molecular weight is 369 g/mol. The summed E-state index contributed by atoms with van der Waals surface area (Å²) >= 11 is 0. The van der Waals surface area contributed by atoms with E-state index in [0.29, 0.717) is 0 Å². The van der Waals surface area contributed by atoms with Crippen molar-refractivity contribution in [2.24, 2.45) is 0 Å². The predicted octanol–water partition coefficient (Wildman–Crippen LogP) is 6.97. The van der Waals surface area contributed by atoms with Crippen LogP contribution in [0, 0.1) is 0 Å². The van der Waals surface area contributed by atoms with Crippen LogP contribution >= 0.6 is 0 Å². The van der Waals surface area contributed by atoms with Crippen molar-refractivity contribution in [3.8, 4) is 0 Å². The van der Waals surface area contributed by atoms with Crippen LogP contribution in [0.3, 0.4) is 0 Å². The highest BCUT2D eigenvalue weighted by atomic mass is 16.5. The Morgan fingerprint density at radius 2 is 1.25 bits per heavy atom. The minimum atomic E-state index is -0.293. The maximum absolute atomic E-state index is 6.42. The maximum Gasteiger partial charge on any atom is 0.127 e. The molecule has 0 amide bonds. The number of benzene rings is 3. The van der Waals surface area contributed by atoms with Crippen molar-refractivity contribution in [1.82, 2.24) is 0 Å². The van der Waals surface area contributed by atoms with Gasteiger partial charge in [-0.3, -0.25) is 0 Å². The van der Waals surface area contributed by atoms with Gasteiger partial charge in [0.05, 0.1) is 12.0 Å². The molecule has 1 aliphatic carbocycles. The van der Waals surface area contributed by atoms with E-state index in [4.69, 9.17) is 4.74 Å². The Morgan fingerprint density at radius 1 is 0.679 bits per heavy atom. The molecular weight excluding hydrogens is 340 g/mol. The summed E-state index contributed by atoms with van der Waals surface area (Å²) in [6.45, 7) is 5.17. The molecule has 4 rings (SSSR count). The van der Waals surface area contributed by atoms with Crippen LogP contribution in [-0.2, 0) is 10.2 Å². The Labute approximate surface area is 168 Å². The summed E-state index contributed by atoms with van der Waals surface area (Å²) in [5.74, 6) is 1.09. The van der Waals surface area contributed by atoms with E-state index in [1.807, 2.05) is 0 Å². The molecule has 0 heterocycles. The molecule has 0 saturated carbocycles. The van der Waals surface area contributed by atoms with E-state index in [1.165, 1.54) is 27.8 Å². The van der Waals surface area contributed by atoms with E-state index in [9.17, 15) is 0 Å². The highest BCUT2D eigenvalue weighted by Crippen LogP contribution is 2.55. The van der Waals surface area contributed by atoms with Gasteiger partial charge >= 0.3 is 0 Å². The molecule has 0 unspecified atom stereocenters. The first-order valence-electron chi connectivity index (χ1n) is 10.4. The zero-order valence-corrected chi connectivity index (χ0v) is 16.8. The Balaban J connectivity index is 2.09. The molecule has 0 N–H and O–H groups in total.